The van der Waals surface area contributed by atoms with Crippen LogP contribution in [0.2, 0.25) is 0 Å². The van der Waals surface area contributed by atoms with Gasteiger partial charge >= 0.3 is 0 Å². The van der Waals surface area contributed by atoms with Gasteiger partial charge < -0.3 is 10.3 Å². The number of aromatic nitrogens is 3. The lowest BCUT2D eigenvalue weighted by atomic mass is 10.1. The summed E-state index contributed by atoms with van der Waals surface area (Å²) >= 11 is 0. The van der Waals surface area contributed by atoms with Crippen LogP contribution >= 0.6 is 0 Å². The van der Waals surface area contributed by atoms with E-state index in [1.165, 1.54) is 0 Å². The van der Waals surface area contributed by atoms with Gasteiger partial charge in [0.05, 0.1) is 5.56 Å². The average Bonchev–Trinajstić information content (AvgIpc) is 2.67. The highest BCUT2D eigenvalue weighted by Gasteiger charge is 2.17. The number of hydrogen-bond donors (Lipinski definition) is 1. The van der Waals surface area contributed by atoms with Crippen LogP contribution in [0, 0.1) is 6.92 Å². The van der Waals surface area contributed by atoms with Crippen molar-refractivity contribution in [2.75, 3.05) is 5.73 Å². The topological polar surface area (TPSA) is 73.8 Å². The Morgan fingerprint density at radius 3 is 2.81 bits per heavy atom. The van der Waals surface area contributed by atoms with Crippen molar-refractivity contribution in [2.45, 2.75) is 6.92 Å². The first-order valence-electron chi connectivity index (χ1n) is 4.83. The highest BCUT2D eigenvalue weighted by molar-refractivity contribution is 6.09. The molecule has 2 aromatic heterocycles. The van der Waals surface area contributed by atoms with Gasteiger partial charge in [-0.3, -0.25) is 4.79 Å². The van der Waals surface area contributed by atoms with Gasteiger partial charge in [-0.05, 0) is 18.6 Å². The molecule has 5 nitrogen and oxygen atoms in total. The third-order valence-corrected chi connectivity index (χ3v) is 2.32. The average molecular weight is 216 g/mol. The van der Waals surface area contributed by atoms with Crippen LogP contribution in [0.15, 0.2) is 24.7 Å². The number of rotatable bonds is 2. The molecule has 0 aromatic carbocycles. The summed E-state index contributed by atoms with van der Waals surface area (Å²) in [4.78, 5) is 20.1. The number of hydrogen-bond acceptors (Lipinski definition) is 4. The van der Waals surface area contributed by atoms with Gasteiger partial charge in [0.15, 0.2) is 5.82 Å². The summed E-state index contributed by atoms with van der Waals surface area (Å²) in [5.41, 5.74) is 6.97. The fraction of sp³-hybridized carbons (Fsp3) is 0.182. The van der Waals surface area contributed by atoms with Crippen LogP contribution in [-0.2, 0) is 7.05 Å². The van der Waals surface area contributed by atoms with E-state index in [9.17, 15) is 4.79 Å². The van der Waals surface area contributed by atoms with Crippen LogP contribution in [0.4, 0.5) is 5.82 Å². The van der Waals surface area contributed by atoms with Crippen LogP contribution in [0.1, 0.15) is 21.7 Å². The van der Waals surface area contributed by atoms with E-state index in [4.69, 9.17) is 5.73 Å². The maximum absolute atomic E-state index is 12.1. The molecule has 16 heavy (non-hydrogen) atoms. The molecule has 0 atom stereocenters. The summed E-state index contributed by atoms with van der Waals surface area (Å²) in [6, 6.07) is 1.72. The normalized spacial score (nSPS) is 10.4. The highest BCUT2D eigenvalue weighted by atomic mass is 16.1. The van der Waals surface area contributed by atoms with Crippen molar-refractivity contribution in [2.24, 2.45) is 7.05 Å². The van der Waals surface area contributed by atoms with E-state index in [1.807, 2.05) is 6.92 Å². The summed E-state index contributed by atoms with van der Waals surface area (Å²) in [5.74, 6) is 0.388. The number of imidazole rings is 1. The largest absolute Gasteiger partial charge is 0.383 e. The lowest BCUT2D eigenvalue weighted by Gasteiger charge is -2.04. The number of carbonyl (C=O) groups is 1. The maximum Gasteiger partial charge on any atom is 0.232 e. The molecular formula is C11H12N4O. The van der Waals surface area contributed by atoms with Gasteiger partial charge in [0.2, 0.25) is 5.78 Å². The number of carbonyl (C=O) groups excluding carboxylic acids is 1. The number of aryl methyl sites for hydroxylation is 2. The van der Waals surface area contributed by atoms with Crippen LogP contribution in [0.5, 0.6) is 0 Å². The van der Waals surface area contributed by atoms with Crippen molar-refractivity contribution in [1.82, 2.24) is 14.5 Å². The predicted octanol–water partition coefficient (Wildman–Crippen LogP) is 0.937. The Hall–Kier alpha value is -2.17. The molecule has 0 bridgehead atoms. The molecule has 0 saturated carbocycles. The molecule has 0 saturated heterocycles. The molecule has 2 heterocycles. The van der Waals surface area contributed by atoms with Crippen molar-refractivity contribution in [3.8, 4) is 0 Å². The van der Waals surface area contributed by atoms with E-state index in [0.29, 0.717) is 11.4 Å². The van der Waals surface area contributed by atoms with Crippen LogP contribution in [-0.4, -0.2) is 20.3 Å². The fourth-order valence-corrected chi connectivity index (χ4v) is 1.47. The van der Waals surface area contributed by atoms with Crippen molar-refractivity contribution in [1.29, 1.82) is 0 Å². The van der Waals surface area contributed by atoms with E-state index in [0.717, 1.165) is 5.56 Å². The Labute approximate surface area is 92.9 Å². The van der Waals surface area contributed by atoms with Gasteiger partial charge in [0.1, 0.15) is 5.82 Å². The molecule has 0 amide bonds. The van der Waals surface area contributed by atoms with E-state index in [-0.39, 0.29) is 11.6 Å². The second-order valence-electron chi connectivity index (χ2n) is 3.64. The highest BCUT2D eigenvalue weighted by Crippen LogP contribution is 2.14. The van der Waals surface area contributed by atoms with Crippen LogP contribution in [0.25, 0.3) is 0 Å². The summed E-state index contributed by atoms with van der Waals surface area (Å²) in [5, 5.41) is 0. The number of ketones is 1. The Morgan fingerprint density at radius 2 is 2.19 bits per heavy atom. The Morgan fingerprint density at radius 1 is 1.44 bits per heavy atom. The van der Waals surface area contributed by atoms with Gasteiger partial charge in [0.25, 0.3) is 0 Å². The number of pyridine rings is 1. The number of nitrogen functional groups attached to an aromatic ring is 1. The van der Waals surface area contributed by atoms with Gasteiger partial charge in [-0.1, -0.05) is 0 Å². The second-order valence-corrected chi connectivity index (χ2v) is 3.64. The van der Waals surface area contributed by atoms with E-state index in [2.05, 4.69) is 9.97 Å². The summed E-state index contributed by atoms with van der Waals surface area (Å²) in [6.07, 6.45) is 4.92. The number of nitrogens with zero attached hydrogens (tertiary/aromatic N) is 3. The summed E-state index contributed by atoms with van der Waals surface area (Å²) < 4.78 is 1.66. The minimum atomic E-state index is -0.207. The number of anilines is 1. The van der Waals surface area contributed by atoms with E-state index < -0.39 is 0 Å². The lowest BCUT2D eigenvalue weighted by molar-refractivity contribution is 0.102. The fourth-order valence-electron chi connectivity index (χ4n) is 1.47. The molecule has 0 aliphatic heterocycles. The Bertz CT molecular complexity index is 545. The molecule has 0 fully saturated rings. The molecule has 2 N–H and O–H groups in total. The molecule has 0 aliphatic carbocycles. The molecule has 82 valence electrons. The lowest BCUT2D eigenvalue weighted by Crippen LogP contribution is -2.12. The minimum absolute atomic E-state index is 0.207. The zero-order chi connectivity index (χ0) is 11.7. The quantitative estimate of drug-likeness (QED) is 0.758. The smallest absolute Gasteiger partial charge is 0.232 e. The van der Waals surface area contributed by atoms with Gasteiger partial charge in [-0.2, -0.15) is 0 Å². The molecule has 0 unspecified atom stereocenters. The van der Waals surface area contributed by atoms with Crippen molar-refractivity contribution in [3.63, 3.8) is 0 Å². The number of nitrogens with two attached hydrogens (primary N) is 1. The summed E-state index contributed by atoms with van der Waals surface area (Å²) in [6.45, 7) is 1.86. The van der Waals surface area contributed by atoms with E-state index in [1.54, 1.807) is 36.3 Å². The SMILES string of the molecule is Cc1cnc(N)c(C(=O)c2nccn2C)c1. The van der Waals surface area contributed by atoms with E-state index >= 15 is 0 Å². The molecule has 0 radical (unpaired) electrons. The van der Waals surface area contributed by atoms with Crippen molar-refractivity contribution in [3.05, 3.63) is 41.6 Å². The van der Waals surface area contributed by atoms with Crippen molar-refractivity contribution < 1.29 is 4.79 Å². The molecule has 2 aromatic rings. The van der Waals surface area contributed by atoms with Crippen LogP contribution < -0.4 is 5.73 Å². The monoisotopic (exact) mass is 216 g/mol. The van der Waals surface area contributed by atoms with Gasteiger partial charge in [0, 0.05) is 25.6 Å². The third kappa shape index (κ3) is 1.67. The molecule has 0 spiro atoms. The molecule has 5 heteroatoms. The Balaban J connectivity index is 2.49. The van der Waals surface area contributed by atoms with Gasteiger partial charge in [-0.15, -0.1) is 0 Å². The second kappa shape index (κ2) is 3.77. The third-order valence-electron chi connectivity index (χ3n) is 2.32. The zero-order valence-corrected chi connectivity index (χ0v) is 9.14. The first kappa shape index (κ1) is 10.4. The zero-order valence-electron chi connectivity index (χ0n) is 9.14. The first-order valence-corrected chi connectivity index (χ1v) is 4.83. The summed E-state index contributed by atoms with van der Waals surface area (Å²) in [7, 11) is 1.76. The standard InChI is InChI=1S/C11H12N4O/c1-7-5-8(10(12)14-6-7)9(16)11-13-3-4-15(11)2/h3-6H,1-2H3,(H2,12,14). The van der Waals surface area contributed by atoms with Gasteiger partial charge in [-0.25, -0.2) is 9.97 Å². The predicted molar refractivity (Wildman–Crippen MR) is 60.0 cm³/mol. The maximum atomic E-state index is 12.1. The minimum Gasteiger partial charge on any atom is -0.383 e. The molecule has 0 aliphatic rings. The first-order chi connectivity index (χ1) is 7.59. The molecular weight excluding hydrogens is 204 g/mol. The van der Waals surface area contributed by atoms with Crippen molar-refractivity contribution >= 4 is 11.6 Å². The Kier molecular flexibility index (Phi) is 2.44. The van der Waals surface area contributed by atoms with Crippen LogP contribution in [0.3, 0.4) is 0 Å². The molecule has 2 rings (SSSR count).